The number of aryl methyl sites for hydroxylation is 1. The van der Waals surface area contributed by atoms with Crippen LogP contribution >= 0.6 is 0 Å². The molecule has 1 saturated heterocycles. The lowest BCUT2D eigenvalue weighted by Crippen LogP contribution is -2.29. The number of piperidine rings is 1. The van der Waals surface area contributed by atoms with E-state index in [2.05, 4.69) is 62.2 Å². The molecule has 1 aliphatic rings. The van der Waals surface area contributed by atoms with Crippen molar-refractivity contribution >= 4 is 39.8 Å². The van der Waals surface area contributed by atoms with E-state index in [1.807, 2.05) is 43.5 Å². The number of hydrogen-bond acceptors (Lipinski definition) is 7. The second-order valence-corrected chi connectivity index (χ2v) is 10.6. The Bertz CT molecular complexity index is 1550. The van der Waals surface area contributed by atoms with E-state index in [0.717, 1.165) is 60.6 Å². The standard InChI is InChI=1S/C33H41N7O2/c1-5-40(6-2)30-22-31(42-4)28(21-27(30)35-32(41)15-12-20-39-18-10-7-11-19-39)37-33-34-17-16-26(36-33)25-23-38(3)29-14-9-8-13-24(25)29/h8-9,12-17,21-23H,5-7,10-11,18-20H2,1-4H3,(H,35,41)(H,34,36,37)/b15-12+. The van der Waals surface area contributed by atoms with Gasteiger partial charge in [-0.3, -0.25) is 9.69 Å². The number of benzene rings is 2. The van der Waals surface area contributed by atoms with E-state index in [1.54, 1.807) is 19.4 Å². The van der Waals surface area contributed by atoms with Crippen molar-refractivity contribution in [2.45, 2.75) is 33.1 Å². The highest BCUT2D eigenvalue weighted by Gasteiger charge is 2.18. The number of hydrogen-bond donors (Lipinski definition) is 2. The van der Waals surface area contributed by atoms with Gasteiger partial charge in [-0.2, -0.15) is 0 Å². The number of anilines is 4. The number of para-hydroxylation sites is 1. The molecular weight excluding hydrogens is 526 g/mol. The van der Waals surface area contributed by atoms with Gasteiger partial charge in [0.1, 0.15) is 5.75 Å². The average molecular weight is 568 g/mol. The molecule has 3 heterocycles. The lowest BCUT2D eigenvalue weighted by molar-refractivity contribution is -0.111. The van der Waals surface area contributed by atoms with Gasteiger partial charge in [-0.1, -0.05) is 30.7 Å². The Morgan fingerprint density at radius 3 is 2.62 bits per heavy atom. The van der Waals surface area contributed by atoms with Gasteiger partial charge in [-0.25, -0.2) is 9.97 Å². The number of aromatic nitrogens is 3. The SMILES string of the molecule is CCN(CC)c1cc(OC)c(Nc2nccc(-c3cn(C)c4ccccc34)n2)cc1NC(=O)/C=C/CN1CCCCC1. The first-order chi connectivity index (χ1) is 20.5. The molecule has 2 aromatic heterocycles. The van der Waals surface area contributed by atoms with Crippen molar-refractivity contribution in [3.05, 3.63) is 67.0 Å². The molecule has 0 atom stereocenters. The number of methoxy groups -OCH3 is 1. The van der Waals surface area contributed by atoms with E-state index in [1.165, 1.54) is 19.3 Å². The number of carbonyl (C=O) groups excluding carboxylic acids is 1. The monoisotopic (exact) mass is 567 g/mol. The van der Waals surface area contributed by atoms with E-state index >= 15 is 0 Å². The number of nitrogens with zero attached hydrogens (tertiary/aromatic N) is 5. The van der Waals surface area contributed by atoms with Gasteiger partial charge in [0.25, 0.3) is 0 Å². The molecule has 0 aliphatic carbocycles. The van der Waals surface area contributed by atoms with Crippen LogP contribution in [-0.2, 0) is 11.8 Å². The molecule has 5 rings (SSSR count). The Kier molecular flexibility index (Phi) is 9.38. The molecule has 9 nitrogen and oxygen atoms in total. The molecule has 220 valence electrons. The Hall–Kier alpha value is -4.37. The summed E-state index contributed by atoms with van der Waals surface area (Å²) in [6, 6.07) is 14.0. The molecule has 0 bridgehead atoms. The molecule has 2 N–H and O–H groups in total. The third-order valence-electron chi connectivity index (χ3n) is 7.84. The first kappa shape index (κ1) is 29.1. The summed E-state index contributed by atoms with van der Waals surface area (Å²) >= 11 is 0. The van der Waals surface area contributed by atoms with Crippen LogP contribution in [0.3, 0.4) is 0 Å². The maximum atomic E-state index is 13.0. The van der Waals surface area contributed by atoms with Gasteiger partial charge in [-0.15, -0.1) is 0 Å². The average Bonchev–Trinajstić information content (AvgIpc) is 3.35. The van der Waals surface area contributed by atoms with E-state index < -0.39 is 0 Å². The summed E-state index contributed by atoms with van der Waals surface area (Å²) in [5.41, 5.74) is 5.24. The van der Waals surface area contributed by atoms with Crippen molar-refractivity contribution in [3.8, 4) is 17.0 Å². The molecule has 0 saturated carbocycles. The van der Waals surface area contributed by atoms with E-state index in [-0.39, 0.29) is 5.91 Å². The number of carbonyl (C=O) groups is 1. The van der Waals surface area contributed by atoms with Gasteiger partial charge in [0.2, 0.25) is 11.9 Å². The molecule has 1 fully saturated rings. The van der Waals surface area contributed by atoms with Crippen LogP contribution in [-0.4, -0.2) is 65.2 Å². The van der Waals surface area contributed by atoms with Crippen molar-refractivity contribution in [1.82, 2.24) is 19.4 Å². The largest absolute Gasteiger partial charge is 0.494 e. The second-order valence-electron chi connectivity index (χ2n) is 10.6. The van der Waals surface area contributed by atoms with E-state index in [4.69, 9.17) is 9.72 Å². The highest BCUT2D eigenvalue weighted by Crippen LogP contribution is 2.38. The fraction of sp³-hybridized carbons (Fsp3) is 0.364. The molecule has 1 amide bonds. The zero-order valence-electron chi connectivity index (χ0n) is 25.1. The van der Waals surface area contributed by atoms with Gasteiger partial charge in [-0.05, 0) is 58.0 Å². The van der Waals surface area contributed by atoms with Gasteiger partial charge in [0.05, 0.1) is 29.9 Å². The van der Waals surface area contributed by atoms with Crippen LogP contribution in [0.25, 0.3) is 22.2 Å². The summed E-state index contributed by atoms with van der Waals surface area (Å²) < 4.78 is 7.89. The number of amides is 1. The molecule has 4 aromatic rings. The minimum atomic E-state index is -0.161. The van der Waals surface area contributed by atoms with Gasteiger partial charge < -0.3 is 24.8 Å². The molecule has 0 spiro atoms. The topological polar surface area (TPSA) is 87.5 Å². The maximum Gasteiger partial charge on any atom is 0.248 e. The van der Waals surface area contributed by atoms with Gasteiger partial charge in [0.15, 0.2) is 0 Å². The summed E-state index contributed by atoms with van der Waals surface area (Å²) in [6.45, 7) is 8.74. The molecule has 0 radical (unpaired) electrons. The summed E-state index contributed by atoms with van der Waals surface area (Å²) in [4.78, 5) is 26.9. The first-order valence-corrected chi connectivity index (χ1v) is 14.8. The van der Waals surface area contributed by atoms with Crippen molar-refractivity contribution in [2.24, 2.45) is 7.05 Å². The smallest absolute Gasteiger partial charge is 0.248 e. The fourth-order valence-corrected chi connectivity index (χ4v) is 5.62. The maximum absolute atomic E-state index is 13.0. The van der Waals surface area contributed by atoms with Crippen LogP contribution in [0.1, 0.15) is 33.1 Å². The predicted octanol–water partition coefficient (Wildman–Crippen LogP) is 6.21. The molecule has 42 heavy (non-hydrogen) atoms. The summed E-state index contributed by atoms with van der Waals surface area (Å²) in [5, 5.41) is 7.58. The van der Waals surface area contributed by atoms with Crippen LogP contribution in [0, 0.1) is 0 Å². The van der Waals surface area contributed by atoms with Crippen LogP contribution < -0.4 is 20.3 Å². The molecule has 2 aromatic carbocycles. The lowest BCUT2D eigenvalue weighted by Gasteiger charge is -2.26. The van der Waals surface area contributed by atoms with Crippen LogP contribution in [0.4, 0.5) is 23.0 Å². The Morgan fingerprint density at radius 2 is 1.86 bits per heavy atom. The highest BCUT2D eigenvalue weighted by atomic mass is 16.5. The molecule has 1 aliphatic heterocycles. The summed E-state index contributed by atoms with van der Waals surface area (Å²) in [5.74, 6) is 0.911. The quantitative estimate of drug-likeness (QED) is 0.208. The van der Waals surface area contributed by atoms with Crippen molar-refractivity contribution in [2.75, 3.05) is 55.4 Å². The fourth-order valence-electron chi connectivity index (χ4n) is 5.62. The van der Waals surface area contributed by atoms with Crippen molar-refractivity contribution in [3.63, 3.8) is 0 Å². The molecule has 9 heteroatoms. The predicted molar refractivity (Wildman–Crippen MR) is 172 cm³/mol. The summed E-state index contributed by atoms with van der Waals surface area (Å²) in [7, 11) is 3.68. The molecule has 0 unspecified atom stereocenters. The van der Waals surface area contributed by atoms with Gasteiger partial charge in [0, 0.05) is 67.7 Å². The third kappa shape index (κ3) is 6.57. The highest BCUT2D eigenvalue weighted by molar-refractivity contribution is 6.02. The zero-order valence-corrected chi connectivity index (χ0v) is 25.1. The number of likely N-dealkylation sites (tertiary alicyclic amines) is 1. The van der Waals surface area contributed by atoms with Crippen LogP contribution in [0.15, 0.2) is 67.0 Å². The first-order valence-electron chi connectivity index (χ1n) is 14.8. The number of fused-ring (bicyclic) bond motifs is 1. The normalized spacial score (nSPS) is 13.9. The minimum Gasteiger partial charge on any atom is -0.494 e. The third-order valence-corrected chi connectivity index (χ3v) is 7.84. The Balaban J connectivity index is 1.42. The number of ether oxygens (including phenoxy) is 1. The van der Waals surface area contributed by atoms with Crippen LogP contribution in [0.5, 0.6) is 5.75 Å². The molecular formula is C33H41N7O2. The van der Waals surface area contributed by atoms with Gasteiger partial charge >= 0.3 is 0 Å². The minimum absolute atomic E-state index is 0.161. The lowest BCUT2D eigenvalue weighted by atomic mass is 10.1. The van der Waals surface area contributed by atoms with Crippen LogP contribution in [0.2, 0.25) is 0 Å². The number of rotatable bonds is 11. The summed E-state index contributed by atoms with van der Waals surface area (Å²) in [6.07, 6.45) is 11.2. The van der Waals surface area contributed by atoms with Crippen molar-refractivity contribution in [1.29, 1.82) is 0 Å². The van der Waals surface area contributed by atoms with Crippen molar-refractivity contribution < 1.29 is 9.53 Å². The zero-order chi connectivity index (χ0) is 29.5. The Morgan fingerprint density at radius 1 is 1.07 bits per heavy atom. The van der Waals surface area contributed by atoms with E-state index in [0.29, 0.717) is 23.1 Å². The second kappa shape index (κ2) is 13.5. The van der Waals surface area contributed by atoms with E-state index in [9.17, 15) is 4.79 Å². The number of nitrogens with one attached hydrogen (secondary N) is 2. The Labute approximate surface area is 248 Å².